The number of nitrogens with zero attached hydrogens (tertiary/aromatic N) is 2. The Morgan fingerprint density at radius 2 is 1.60 bits per heavy atom. The minimum Gasteiger partial charge on any atom is -0.508 e. The SMILES string of the molecule is O=c1ccc(-c2c(-c3cccc(O)c3)n[nH]c2-c2ccccc2)n[nH]1. The lowest BCUT2D eigenvalue weighted by atomic mass is 9.99. The highest BCUT2D eigenvalue weighted by atomic mass is 16.3. The van der Waals surface area contributed by atoms with Crippen LogP contribution in [0.2, 0.25) is 0 Å². The van der Waals surface area contributed by atoms with Gasteiger partial charge in [0, 0.05) is 17.2 Å². The van der Waals surface area contributed by atoms with E-state index < -0.39 is 0 Å². The Labute approximate surface area is 142 Å². The number of phenols is 1. The molecule has 122 valence electrons. The molecule has 0 radical (unpaired) electrons. The van der Waals surface area contributed by atoms with E-state index in [1.165, 1.54) is 6.07 Å². The van der Waals surface area contributed by atoms with Gasteiger partial charge in [0.05, 0.1) is 17.0 Å². The summed E-state index contributed by atoms with van der Waals surface area (Å²) in [7, 11) is 0. The summed E-state index contributed by atoms with van der Waals surface area (Å²) in [6.07, 6.45) is 0. The topological polar surface area (TPSA) is 94.7 Å². The zero-order valence-electron chi connectivity index (χ0n) is 13.1. The summed E-state index contributed by atoms with van der Waals surface area (Å²) in [5.74, 6) is 0.155. The van der Waals surface area contributed by atoms with Gasteiger partial charge in [0.25, 0.3) is 5.56 Å². The molecule has 6 heteroatoms. The molecule has 2 heterocycles. The van der Waals surface area contributed by atoms with Crippen LogP contribution in [-0.2, 0) is 0 Å². The van der Waals surface area contributed by atoms with Gasteiger partial charge in [-0.25, -0.2) is 5.10 Å². The number of aromatic amines is 2. The first-order valence-corrected chi connectivity index (χ1v) is 7.71. The van der Waals surface area contributed by atoms with Crippen LogP contribution in [0.3, 0.4) is 0 Å². The first-order valence-electron chi connectivity index (χ1n) is 7.71. The van der Waals surface area contributed by atoms with Crippen LogP contribution >= 0.6 is 0 Å². The number of hydrogen-bond acceptors (Lipinski definition) is 4. The van der Waals surface area contributed by atoms with Gasteiger partial charge in [-0.3, -0.25) is 9.89 Å². The van der Waals surface area contributed by atoms with E-state index in [2.05, 4.69) is 20.4 Å². The van der Waals surface area contributed by atoms with Crippen molar-refractivity contribution in [2.45, 2.75) is 0 Å². The van der Waals surface area contributed by atoms with Crippen molar-refractivity contribution in [3.63, 3.8) is 0 Å². The second-order valence-electron chi connectivity index (χ2n) is 5.54. The summed E-state index contributed by atoms with van der Waals surface area (Å²) in [6.45, 7) is 0. The summed E-state index contributed by atoms with van der Waals surface area (Å²) in [6, 6.07) is 19.7. The van der Waals surface area contributed by atoms with E-state index in [1.54, 1.807) is 24.3 Å². The Kier molecular flexibility index (Phi) is 3.63. The molecule has 25 heavy (non-hydrogen) atoms. The Hall–Kier alpha value is -3.67. The number of aromatic hydroxyl groups is 1. The molecule has 0 aliphatic carbocycles. The van der Waals surface area contributed by atoms with Gasteiger partial charge in [-0.05, 0) is 18.2 Å². The van der Waals surface area contributed by atoms with Gasteiger partial charge in [0.15, 0.2) is 0 Å². The highest BCUT2D eigenvalue weighted by Crippen LogP contribution is 2.37. The average Bonchev–Trinajstić information content (AvgIpc) is 3.08. The summed E-state index contributed by atoms with van der Waals surface area (Å²) >= 11 is 0. The molecular weight excluding hydrogens is 316 g/mol. The third-order valence-electron chi connectivity index (χ3n) is 3.88. The predicted octanol–water partition coefficient (Wildman–Crippen LogP) is 3.20. The molecule has 2 aromatic carbocycles. The van der Waals surface area contributed by atoms with Crippen LogP contribution in [0.5, 0.6) is 5.75 Å². The molecule has 0 atom stereocenters. The lowest BCUT2D eigenvalue weighted by Crippen LogP contribution is -2.05. The highest BCUT2D eigenvalue weighted by molar-refractivity contribution is 5.90. The molecule has 0 saturated carbocycles. The molecule has 4 rings (SSSR count). The molecule has 0 aliphatic heterocycles. The molecule has 4 aromatic rings. The van der Waals surface area contributed by atoms with Gasteiger partial charge < -0.3 is 5.11 Å². The van der Waals surface area contributed by atoms with E-state index in [0.717, 1.165) is 22.4 Å². The summed E-state index contributed by atoms with van der Waals surface area (Å²) in [4.78, 5) is 11.4. The fourth-order valence-corrected chi connectivity index (χ4v) is 2.75. The maximum Gasteiger partial charge on any atom is 0.264 e. The molecule has 0 fully saturated rings. The lowest BCUT2D eigenvalue weighted by molar-refractivity contribution is 0.475. The van der Waals surface area contributed by atoms with Crippen molar-refractivity contribution < 1.29 is 5.11 Å². The van der Waals surface area contributed by atoms with E-state index >= 15 is 0 Å². The summed E-state index contributed by atoms with van der Waals surface area (Å²) in [5, 5.41) is 23.9. The number of benzene rings is 2. The standard InChI is InChI=1S/C19H14N4O2/c24-14-8-4-7-13(11-14)19-17(15-9-10-16(25)21-20-15)18(22-23-19)12-5-2-1-3-6-12/h1-11,24H,(H,21,25)(H,22,23). The van der Waals surface area contributed by atoms with Crippen LogP contribution in [0.15, 0.2) is 71.5 Å². The Balaban J connectivity index is 1.98. The third kappa shape index (κ3) is 2.81. The summed E-state index contributed by atoms with van der Waals surface area (Å²) in [5.41, 5.74) is 4.21. The van der Waals surface area contributed by atoms with Gasteiger partial charge in [-0.15, -0.1) is 0 Å². The number of nitrogens with one attached hydrogen (secondary N) is 2. The van der Waals surface area contributed by atoms with E-state index in [-0.39, 0.29) is 11.3 Å². The molecule has 0 spiro atoms. The zero-order chi connectivity index (χ0) is 17.2. The van der Waals surface area contributed by atoms with Crippen molar-refractivity contribution in [3.8, 4) is 39.5 Å². The average molecular weight is 330 g/mol. The van der Waals surface area contributed by atoms with Crippen molar-refractivity contribution in [2.75, 3.05) is 0 Å². The maximum absolute atomic E-state index is 11.4. The molecule has 2 aromatic heterocycles. The van der Waals surface area contributed by atoms with Gasteiger partial charge in [0.2, 0.25) is 0 Å². The smallest absolute Gasteiger partial charge is 0.264 e. The highest BCUT2D eigenvalue weighted by Gasteiger charge is 2.19. The van der Waals surface area contributed by atoms with Crippen molar-refractivity contribution in [2.24, 2.45) is 0 Å². The molecule has 0 amide bonds. The monoisotopic (exact) mass is 330 g/mol. The van der Waals surface area contributed by atoms with Gasteiger partial charge >= 0.3 is 0 Å². The van der Waals surface area contributed by atoms with Gasteiger partial charge in [-0.2, -0.15) is 10.2 Å². The van der Waals surface area contributed by atoms with Crippen LogP contribution in [0.25, 0.3) is 33.8 Å². The normalized spacial score (nSPS) is 10.7. The number of aromatic nitrogens is 4. The second kappa shape index (κ2) is 6.09. The molecule has 0 unspecified atom stereocenters. The Bertz CT molecular complexity index is 1060. The maximum atomic E-state index is 11.4. The van der Waals surface area contributed by atoms with Crippen LogP contribution in [-0.4, -0.2) is 25.5 Å². The van der Waals surface area contributed by atoms with Crippen LogP contribution in [0.4, 0.5) is 0 Å². The quantitative estimate of drug-likeness (QED) is 0.537. The number of rotatable bonds is 3. The van der Waals surface area contributed by atoms with Crippen LogP contribution in [0, 0.1) is 0 Å². The van der Waals surface area contributed by atoms with Crippen molar-refractivity contribution in [1.29, 1.82) is 0 Å². The number of hydrogen-bond donors (Lipinski definition) is 3. The summed E-state index contributed by atoms with van der Waals surface area (Å²) < 4.78 is 0. The molecule has 6 nitrogen and oxygen atoms in total. The van der Waals surface area contributed by atoms with E-state index in [0.29, 0.717) is 11.4 Å². The van der Waals surface area contributed by atoms with Crippen molar-refractivity contribution >= 4 is 0 Å². The number of H-pyrrole nitrogens is 2. The Morgan fingerprint density at radius 3 is 2.32 bits per heavy atom. The second-order valence-corrected chi connectivity index (χ2v) is 5.54. The Morgan fingerprint density at radius 1 is 0.800 bits per heavy atom. The minimum atomic E-state index is -0.271. The van der Waals surface area contributed by atoms with E-state index in [9.17, 15) is 9.90 Å². The van der Waals surface area contributed by atoms with E-state index in [1.807, 2.05) is 36.4 Å². The van der Waals surface area contributed by atoms with Gasteiger partial charge in [-0.1, -0.05) is 42.5 Å². The molecule has 0 saturated heterocycles. The van der Waals surface area contributed by atoms with Crippen molar-refractivity contribution in [3.05, 3.63) is 77.1 Å². The zero-order valence-corrected chi connectivity index (χ0v) is 13.1. The molecule has 3 N–H and O–H groups in total. The first kappa shape index (κ1) is 14.9. The first-order chi connectivity index (χ1) is 12.2. The van der Waals surface area contributed by atoms with Crippen LogP contribution < -0.4 is 5.56 Å². The molecule has 0 bridgehead atoms. The molecule has 0 aliphatic rings. The van der Waals surface area contributed by atoms with Gasteiger partial charge in [0.1, 0.15) is 11.4 Å². The predicted molar refractivity (Wildman–Crippen MR) is 95.0 cm³/mol. The van der Waals surface area contributed by atoms with Crippen LogP contribution in [0.1, 0.15) is 0 Å². The fourth-order valence-electron chi connectivity index (χ4n) is 2.75. The largest absolute Gasteiger partial charge is 0.508 e. The minimum absolute atomic E-state index is 0.155. The lowest BCUT2D eigenvalue weighted by Gasteiger charge is -2.06. The third-order valence-corrected chi connectivity index (χ3v) is 3.88. The van der Waals surface area contributed by atoms with Crippen molar-refractivity contribution in [1.82, 2.24) is 20.4 Å². The van der Waals surface area contributed by atoms with E-state index in [4.69, 9.17) is 0 Å². The molecular formula is C19H14N4O2. The fraction of sp³-hybridized carbons (Fsp3) is 0. The number of phenolic OH excluding ortho intramolecular Hbond substituents is 1.